The van der Waals surface area contributed by atoms with E-state index in [0.717, 1.165) is 5.69 Å². The van der Waals surface area contributed by atoms with Gasteiger partial charge in [-0.15, -0.1) is 0 Å². The maximum atomic E-state index is 13.8. The standard InChI is InChI=1S/C17H12Cl2FN3/c18-16-13(9-11-5-1-2-7-14(11)20)17(19)23-15(22-16)10-12-6-3-4-8-21-12/h1-8H,9-10H2. The lowest BCUT2D eigenvalue weighted by molar-refractivity contribution is 0.614. The molecular formula is C17H12Cl2FN3. The number of rotatable bonds is 4. The van der Waals surface area contributed by atoms with Crippen LogP contribution in [0.3, 0.4) is 0 Å². The van der Waals surface area contributed by atoms with Gasteiger partial charge in [-0.2, -0.15) is 0 Å². The highest BCUT2D eigenvalue weighted by Gasteiger charge is 2.14. The summed E-state index contributed by atoms with van der Waals surface area (Å²) in [6, 6.07) is 12.1. The van der Waals surface area contributed by atoms with Crippen molar-refractivity contribution in [1.82, 2.24) is 15.0 Å². The summed E-state index contributed by atoms with van der Waals surface area (Å²) >= 11 is 12.4. The number of halogens is 3. The Morgan fingerprint density at radius 1 is 0.870 bits per heavy atom. The summed E-state index contributed by atoms with van der Waals surface area (Å²) in [5, 5.41) is 0.471. The van der Waals surface area contributed by atoms with Gasteiger partial charge in [0.2, 0.25) is 0 Å². The second-order valence-corrected chi connectivity index (χ2v) is 5.68. The van der Waals surface area contributed by atoms with Crippen LogP contribution in [0.2, 0.25) is 10.3 Å². The molecular weight excluding hydrogens is 336 g/mol. The molecule has 0 saturated carbocycles. The third-order valence-corrected chi connectivity index (χ3v) is 3.97. The van der Waals surface area contributed by atoms with Crippen LogP contribution in [0.4, 0.5) is 4.39 Å². The molecule has 3 nitrogen and oxygen atoms in total. The number of pyridine rings is 1. The Kier molecular flexibility index (Phi) is 4.84. The fourth-order valence-electron chi connectivity index (χ4n) is 2.19. The molecule has 0 bridgehead atoms. The molecule has 116 valence electrons. The van der Waals surface area contributed by atoms with Crippen LogP contribution in [0.15, 0.2) is 48.7 Å². The lowest BCUT2D eigenvalue weighted by Gasteiger charge is -2.09. The van der Waals surface area contributed by atoms with Gasteiger partial charge in [-0.05, 0) is 23.8 Å². The van der Waals surface area contributed by atoms with Crippen molar-refractivity contribution in [3.05, 3.63) is 87.4 Å². The average Bonchev–Trinajstić information content (AvgIpc) is 2.53. The summed E-state index contributed by atoms with van der Waals surface area (Å²) in [4.78, 5) is 12.7. The number of hydrogen-bond acceptors (Lipinski definition) is 3. The van der Waals surface area contributed by atoms with Crippen LogP contribution in [0, 0.1) is 5.82 Å². The van der Waals surface area contributed by atoms with Gasteiger partial charge in [0.05, 0.1) is 6.42 Å². The minimum absolute atomic E-state index is 0.235. The molecule has 0 radical (unpaired) electrons. The van der Waals surface area contributed by atoms with Gasteiger partial charge in [0.1, 0.15) is 21.9 Å². The number of benzene rings is 1. The molecule has 0 N–H and O–H groups in total. The molecule has 6 heteroatoms. The summed E-state index contributed by atoms with van der Waals surface area (Å²) in [6.45, 7) is 0. The van der Waals surface area contributed by atoms with Crippen molar-refractivity contribution in [2.45, 2.75) is 12.8 Å². The molecule has 0 aliphatic carbocycles. The summed E-state index contributed by atoms with van der Waals surface area (Å²) in [6.07, 6.45) is 2.37. The Morgan fingerprint density at radius 2 is 1.57 bits per heavy atom. The lowest BCUT2D eigenvalue weighted by atomic mass is 10.1. The van der Waals surface area contributed by atoms with Crippen molar-refractivity contribution in [1.29, 1.82) is 0 Å². The molecule has 2 aromatic heterocycles. The Labute approximate surface area is 143 Å². The summed E-state index contributed by atoms with van der Waals surface area (Å²) in [5.41, 5.74) is 1.84. The number of hydrogen-bond donors (Lipinski definition) is 0. The minimum atomic E-state index is -0.308. The molecule has 1 aromatic carbocycles. The zero-order chi connectivity index (χ0) is 16.2. The largest absolute Gasteiger partial charge is 0.261 e. The van der Waals surface area contributed by atoms with Crippen LogP contribution >= 0.6 is 23.2 Å². The summed E-state index contributed by atoms with van der Waals surface area (Å²) < 4.78 is 13.8. The van der Waals surface area contributed by atoms with Gasteiger partial charge in [0.15, 0.2) is 0 Å². The van der Waals surface area contributed by atoms with Crippen LogP contribution in [0.5, 0.6) is 0 Å². The SMILES string of the molecule is Fc1ccccc1Cc1c(Cl)nc(Cc2ccccn2)nc1Cl. The Balaban J connectivity index is 1.87. The molecule has 0 aliphatic heterocycles. The zero-order valence-electron chi connectivity index (χ0n) is 12.0. The first kappa shape index (κ1) is 15.8. The number of nitrogens with zero attached hydrogens (tertiary/aromatic N) is 3. The Bertz CT molecular complexity index is 802. The lowest BCUT2D eigenvalue weighted by Crippen LogP contribution is -2.04. The van der Waals surface area contributed by atoms with E-state index in [1.165, 1.54) is 6.07 Å². The molecule has 3 aromatic rings. The van der Waals surface area contributed by atoms with Crippen LogP contribution in [0.25, 0.3) is 0 Å². The topological polar surface area (TPSA) is 38.7 Å². The van der Waals surface area contributed by atoms with Gasteiger partial charge < -0.3 is 0 Å². The molecule has 0 amide bonds. The molecule has 23 heavy (non-hydrogen) atoms. The van der Waals surface area contributed by atoms with E-state index < -0.39 is 0 Å². The van der Waals surface area contributed by atoms with Crippen LogP contribution in [-0.2, 0) is 12.8 Å². The van der Waals surface area contributed by atoms with E-state index in [9.17, 15) is 4.39 Å². The van der Waals surface area contributed by atoms with E-state index in [0.29, 0.717) is 23.4 Å². The highest BCUT2D eigenvalue weighted by atomic mass is 35.5. The second-order valence-electron chi connectivity index (χ2n) is 4.97. The smallest absolute Gasteiger partial charge is 0.137 e. The summed E-state index contributed by atoms with van der Waals surface area (Å²) in [5.74, 6) is 0.174. The molecule has 0 spiro atoms. The van der Waals surface area contributed by atoms with Crippen LogP contribution < -0.4 is 0 Å². The molecule has 2 heterocycles. The number of aromatic nitrogens is 3. The van der Waals surface area contributed by atoms with E-state index in [-0.39, 0.29) is 22.5 Å². The maximum Gasteiger partial charge on any atom is 0.137 e. The summed E-state index contributed by atoms with van der Waals surface area (Å²) in [7, 11) is 0. The zero-order valence-corrected chi connectivity index (χ0v) is 13.5. The Morgan fingerprint density at radius 3 is 2.22 bits per heavy atom. The van der Waals surface area contributed by atoms with Crippen molar-refractivity contribution in [2.24, 2.45) is 0 Å². The highest BCUT2D eigenvalue weighted by Crippen LogP contribution is 2.25. The first-order chi connectivity index (χ1) is 11.1. The van der Waals surface area contributed by atoms with Gasteiger partial charge in [0, 0.05) is 23.9 Å². The van der Waals surface area contributed by atoms with Crippen molar-refractivity contribution in [2.75, 3.05) is 0 Å². The van der Waals surface area contributed by atoms with Gasteiger partial charge in [0.25, 0.3) is 0 Å². The van der Waals surface area contributed by atoms with Crippen LogP contribution in [0.1, 0.15) is 22.6 Å². The third-order valence-electron chi connectivity index (χ3n) is 3.34. The van der Waals surface area contributed by atoms with E-state index in [1.54, 1.807) is 24.4 Å². The molecule has 0 atom stereocenters. The first-order valence-corrected chi connectivity index (χ1v) is 7.73. The normalized spacial score (nSPS) is 10.7. The van der Waals surface area contributed by atoms with Gasteiger partial charge in [-0.3, -0.25) is 4.98 Å². The Hall–Kier alpha value is -2.04. The average molecular weight is 348 g/mol. The molecule has 0 fully saturated rings. The molecule has 0 aliphatic rings. The first-order valence-electron chi connectivity index (χ1n) is 6.97. The van der Waals surface area contributed by atoms with Gasteiger partial charge in [-0.1, -0.05) is 47.5 Å². The second kappa shape index (κ2) is 7.02. The van der Waals surface area contributed by atoms with Crippen LogP contribution in [-0.4, -0.2) is 15.0 Å². The van der Waals surface area contributed by atoms with E-state index in [1.807, 2.05) is 18.2 Å². The quantitative estimate of drug-likeness (QED) is 0.652. The predicted octanol–water partition coefficient (Wildman–Crippen LogP) is 4.50. The van der Waals surface area contributed by atoms with Gasteiger partial charge >= 0.3 is 0 Å². The fraction of sp³-hybridized carbons (Fsp3) is 0.118. The van der Waals surface area contributed by atoms with Gasteiger partial charge in [-0.25, -0.2) is 14.4 Å². The monoisotopic (exact) mass is 347 g/mol. The maximum absolute atomic E-state index is 13.8. The molecule has 0 saturated heterocycles. The van der Waals surface area contributed by atoms with E-state index in [4.69, 9.17) is 23.2 Å². The fourth-order valence-corrected chi connectivity index (χ4v) is 2.75. The van der Waals surface area contributed by atoms with Crippen molar-refractivity contribution in [3.8, 4) is 0 Å². The molecule has 0 unspecified atom stereocenters. The van der Waals surface area contributed by atoms with Crippen molar-refractivity contribution in [3.63, 3.8) is 0 Å². The molecule has 3 rings (SSSR count). The van der Waals surface area contributed by atoms with E-state index >= 15 is 0 Å². The minimum Gasteiger partial charge on any atom is -0.261 e. The predicted molar refractivity (Wildman–Crippen MR) is 88.3 cm³/mol. The van der Waals surface area contributed by atoms with Crippen molar-refractivity contribution >= 4 is 23.2 Å². The third kappa shape index (κ3) is 3.84. The van der Waals surface area contributed by atoms with Crippen molar-refractivity contribution < 1.29 is 4.39 Å². The highest BCUT2D eigenvalue weighted by molar-refractivity contribution is 6.34. The van der Waals surface area contributed by atoms with E-state index in [2.05, 4.69) is 15.0 Å².